The predicted molar refractivity (Wildman–Crippen MR) is 58.0 cm³/mol. The SMILES string of the molecule is COc1ccc(F)cc1C12CC(CO)(C1)C2. The Balaban J connectivity index is 1.94. The fourth-order valence-electron chi connectivity index (χ4n) is 3.55. The summed E-state index contributed by atoms with van der Waals surface area (Å²) < 4.78 is 18.5. The first kappa shape index (κ1) is 10.1. The number of benzene rings is 1. The zero-order chi connectivity index (χ0) is 11.4. The summed E-state index contributed by atoms with van der Waals surface area (Å²) in [4.78, 5) is 0. The van der Waals surface area contributed by atoms with E-state index in [1.807, 2.05) is 0 Å². The van der Waals surface area contributed by atoms with Crippen LogP contribution in [0.5, 0.6) is 5.75 Å². The van der Waals surface area contributed by atoms with E-state index in [1.165, 1.54) is 6.07 Å². The van der Waals surface area contributed by atoms with E-state index >= 15 is 0 Å². The Morgan fingerprint density at radius 1 is 1.38 bits per heavy atom. The van der Waals surface area contributed by atoms with Crippen molar-refractivity contribution in [3.8, 4) is 5.75 Å². The van der Waals surface area contributed by atoms with Crippen molar-refractivity contribution in [3.05, 3.63) is 29.6 Å². The summed E-state index contributed by atoms with van der Waals surface area (Å²) in [5.41, 5.74) is 1.19. The number of hydrogen-bond donors (Lipinski definition) is 1. The molecule has 0 aromatic heterocycles. The molecule has 4 rings (SSSR count). The summed E-state index contributed by atoms with van der Waals surface area (Å²) in [7, 11) is 1.62. The van der Waals surface area contributed by atoms with E-state index in [-0.39, 0.29) is 23.3 Å². The highest BCUT2D eigenvalue weighted by Gasteiger charge is 2.68. The number of ether oxygens (including phenoxy) is 1. The Kier molecular flexibility index (Phi) is 1.88. The van der Waals surface area contributed by atoms with Crippen LogP contribution >= 0.6 is 0 Å². The van der Waals surface area contributed by atoms with E-state index in [2.05, 4.69) is 0 Å². The molecule has 0 spiro atoms. The van der Waals surface area contributed by atoms with Crippen LogP contribution in [-0.4, -0.2) is 18.8 Å². The van der Waals surface area contributed by atoms with Gasteiger partial charge in [-0.15, -0.1) is 0 Å². The Bertz CT molecular complexity index is 422. The van der Waals surface area contributed by atoms with Gasteiger partial charge in [0, 0.05) is 17.6 Å². The maximum absolute atomic E-state index is 13.3. The molecule has 2 bridgehead atoms. The predicted octanol–water partition coefficient (Wildman–Crippen LogP) is 2.25. The van der Waals surface area contributed by atoms with Crippen molar-refractivity contribution in [2.75, 3.05) is 13.7 Å². The first-order valence-electron chi connectivity index (χ1n) is 5.58. The van der Waals surface area contributed by atoms with Crippen LogP contribution < -0.4 is 4.74 Å². The summed E-state index contributed by atoms with van der Waals surface area (Å²) in [6, 6.07) is 4.70. The third kappa shape index (κ3) is 1.09. The summed E-state index contributed by atoms with van der Waals surface area (Å²) in [5.74, 6) is 0.561. The van der Waals surface area contributed by atoms with Gasteiger partial charge in [-0.1, -0.05) is 0 Å². The van der Waals surface area contributed by atoms with Gasteiger partial charge in [0.2, 0.25) is 0 Å². The van der Waals surface area contributed by atoms with Crippen LogP contribution in [0.25, 0.3) is 0 Å². The van der Waals surface area contributed by atoms with Crippen LogP contribution in [0.2, 0.25) is 0 Å². The third-order valence-electron chi connectivity index (χ3n) is 4.21. The molecule has 0 aliphatic heterocycles. The van der Waals surface area contributed by atoms with Crippen LogP contribution in [0, 0.1) is 11.2 Å². The minimum atomic E-state index is -0.210. The molecule has 16 heavy (non-hydrogen) atoms. The Labute approximate surface area is 94.0 Å². The molecule has 0 saturated heterocycles. The van der Waals surface area contributed by atoms with Crippen molar-refractivity contribution in [2.24, 2.45) is 5.41 Å². The van der Waals surface area contributed by atoms with Gasteiger partial charge in [-0.2, -0.15) is 0 Å². The topological polar surface area (TPSA) is 29.5 Å². The lowest BCUT2D eigenvalue weighted by molar-refractivity contribution is -0.168. The molecule has 3 saturated carbocycles. The van der Waals surface area contributed by atoms with Gasteiger partial charge in [0.25, 0.3) is 0 Å². The molecular formula is C13H15FO2. The molecule has 2 nitrogen and oxygen atoms in total. The first-order valence-corrected chi connectivity index (χ1v) is 5.58. The fraction of sp³-hybridized carbons (Fsp3) is 0.538. The number of aliphatic hydroxyl groups is 1. The fourth-order valence-corrected chi connectivity index (χ4v) is 3.55. The van der Waals surface area contributed by atoms with Gasteiger partial charge in [-0.05, 0) is 42.9 Å². The van der Waals surface area contributed by atoms with E-state index < -0.39 is 0 Å². The third-order valence-corrected chi connectivity index (χ3v) is 4.21. The molecule has 0 amide bonds. The molecule has 3 aliphatic rings. The highest BCUT2D eigenvalue weighted by atomic mass is 19.1. The maximum Gasteiger partial charge on any atom is 0.123 e. The van der Waals surface area contributed by atoms with Crippen LogP contribution in [0.1, 0.15) is 24.8 Å². The Morgan fingerprint density at radius 3 is 2.62 bits per heavy atom. The first-order chi connectivity index (χ1) is 7.63. The minimum absolute atomic E-state index is 0.0795. The van der Waals surface area contributed by atoms with Gasteiger partial charge in [-0.3, -0.25) is 0 Å². The van der Waals surface area contributed by atoms with E-state index in [0.29, 0.717) is 0 Å². The summed E-state index contributed by atoms with van der Waals surface area (Å²) in [5, 5.41) is 9.22. The van der Waals surface area contributed by atoms with E-state index in [0.717, 1.165) is 30.6 Å². The number of rotatable bonds is 3. The van der Waals surface area contributed by atoms with Crippen molar-refractivity contribution in [2.45, 2.75) is 24.7 Å². The van der Waals surface area contributed by atoms with Crippen LogP contribution in [-0.2, 0) is 5.41 Å². The van der Waals surface area contributed by atoms with Gasteiger partial charge in [0.15, 0.2) is 0 Å². The second-order valence-corrected chi connectivity index (χ2v) is 5.31. The molecule has 1 N–H and O–H groups in total. The van der Waals surface area contributed by atoms with Gasteiger partial charge in [0.1, 0.15) is 11.6 Å². The van der Waals surface area contributed by atoms with Gasteiger partial charge < -0.3 is 9.84 Å². The molecule has 86 valence electrons. The molecular weight excluding hydrogens is 207 g/mol. The Hall–Kier alpha value is -1.09. The quantitative estimate of drug-likeness (QED) is 0.850. The average molecular weight is 222 g/mol. The maximum atomic E-state index is 13.3. The van der Waals surface area contributed by atoms with Crippen LogP contribution in [0.15, 0.2) is 18.2 Å². The molecule has 0 atom stereocenters. The molecule has 3 aliphatic carbocycles. The van der Waals surface area contributed by atoms with Crippen LogP contribution in [0.4, 0.5) is 4.39 Å². The van der Waals surface area contributed by atoms with Crippen molar-refractivity contribution in [1.82, 2.24) is 0 Å². The van der Waals surface area contributed by atoms with Gasteiger partial charge >= 0.3 is 0 Å². The zero-order valence-electron chi connectivity index (χ0n) is 9.29. The molecule has 3 heteroatoms. The number of hydrogen-bond acceptors (Lipinski definition) is 2. The normalized spacial score (nSPS) is 35.2. The number of aliphatic hydroxyl groups excluding tert-OH is 1. The van der Waals surface area contributed by atoms with Crippen molar-refractivity contribution >= 4 is 0 Å². The summed E-state index contributed by atoms with van der Waals surface area (Å²) in [6.07, 6.45) is 2.91. The van der Waals surface area contributed by atoms with Crippen molar-refractivity contribution < 1.29 is 14.2 Å². The lowest BCUT2D eigenvalue weighted by Gasteiger charge is -2.70. The number of methoxy groups -OCH3 is 1. The van der Waals surface area contributed by atoms with Crippen molar-refractivity contribution in [1.29, 1.82) is 0 Å². The molecule has 1 aromatic rings. The lowest BCUT2D eigenvalue weighted by atomic mass is 9.33. The summed E-state index contributed by atoms with van der Waals surface area (Å²) in [6.45, 7) is 0.256. The summed E-state index contributed by atoms with van der Waals surface area (Å²) >= 11 is 0. The molecule has 3 fully saturated rings. The number of halogens is 1. The molecule has 0 unspecified atom stereocenters. The highest BCUT2D eigenvalue weighted by molar-refractivity contribution is 5.47. The molecule has 0 radical (unpaired) electrons. The van der Waals surface area contributed by atoms with Gasteiger partial charge in [-0.25, -0.2) is 4.39 Å². The zero-order valence-corrected chi connectivity index (χ0v) is 9.29. The second kappa shape index (κ2) is 2.98. The Morgan fingerprint density at radius 2 is 2.06 bits per heavy atom. The van der Waals surface area contributed by atoms with Crippen molar-refractivity contribution in [3.63, 3.8) is 0 Å². The van der Waals surface area contributed by atoms with Gasteiger partial charge in [0.05, 0.1) is 7.11 Å². The molecule has 1 aromatic carbocycles. The van der Waals surface area contributed by atoms with E-state index in [4.69, 9.17) is 4.74 Å². The second-order valence-electron chi connectivity index (χ2n) is 5.31. The van der Waals surface area contributed by atoms with Crippen LogP contribution in [0.3, 0.4) is 0 Å². The van der Waals surface area contributed by atoms with E-state index in [1.54, 1.807) is 19.2 Å². The highest BCUT2D eigenvalue weighted by Crippen LogP contribution is 2.74. The standard InChI is InChI=1S/C13H15FO2/c1-16-11-3-2-9(14)4-10(11)13-5-12(6-13,7-13)8-15/h2-4,15H,5-8H2,1H3. The average Bonchev–Trinajstić information content (AvgIpc) is 2.15. The lowest BCUT2D eigenvalue weighted by Crippen LogP contribution is -2.66. The molecule has 0 heterocycles. The van der Waals surface area contributed by atoms with E-state index in [9.17, 15) is 9.50 Å². The smallest absolute Gasteiger partial charge is 0.123 e. The monoisotopic (exact) mass is 222 g/mol. The largest absolute Gasteiger partial charge is 0.496 e. The minimum Gasteiger partial charge on any atom is -0.496 e.